The van der Waals surface area contributed by atoms with Crippen LogP contribution in [-0.2, 0) is 16.1 Å². The summed E-state index contributed by atoms with van der Waals surface area (Å²) in [7, 11) is 3.33. The number of carbonyl (C=O) groups is 2. The number of aryl methyl sites for hydroxylation is 2. The Bertz CT molecular complexity index is 761. The van der Waals surface area contributed by atoms with Crippen LogP contribution in [0.25, 0.3) is 0 Å². The van der Waals surface area contributed by atoms with Crippen molar-refractivity contribution >= 4 is 17.6 Å². The van der Waals surface area contributed by atoms with Crippen molar-refractivity contribution in [3.05, 3.63) is 53.1 Å². The van der Waals surface area contributed by atoms with Gasteiger partial charge in [0.1, 0.15) is 11.5 Å². The molecule has 7 nitrogen and oxygen atoms in total. The number of ether oxygens (including phenoxy) is 2. The molecule has 0 fully saturated rings. The van der Waals surface area contributed by atoms with Gasteiger partial charge in [-0.2, -0.15) is 0 Å². The summed E-state index contributed by atoms with van der Waals surface area (Å²) in [6.07, 6.45) is 0. The third-order valence-corrected chi connectivity index (χ3v) is 3.54. The lowest BCUT2D eigenvalue weighted by atomic mass is 10.1. The number of rotatable bonds is 5. The van der Waals surface area contributed by atoms with Gasteiger partial charge >= 0.3 is 11.9 Å². The van der Waals surface area contributed by atoms with E-state index in [0.29, 0.717) is 0 Å². The molecule has 0 atom stereocenters. The number of hydrogen-bond acceptors (Lipinski definition) is 5. The van der Waals surface area contributed by atoms with Gasteiger partial charge in [-0.05, 0) is 43.2 Å². The quantitative estimate of drug-likeness (QED) is 0.703. The lowest BCUT2D eigenvalue weighted by Gasteiger charge is -2.14. The first-order valence-electron chi connectivity index (χ1n) is 7.76. The van der Waals surface area contributed by atoms with Crippen LogP contribution in [0.2, 0.25) is 0 Å². The molecule has 0 heterocycles. The van der Waals surface area contributed by atoms with Gasteiger partial charge in [0.25, 0.3) is 0 Å². The Balaban J connectivity index is 0.000000487. The molecule has 2 rings (SSSR count). The number of carboxylic acid groups (broad SMARTS) is 2. The van der Waals surface area contributed by atoms with Gasteiger partial charge < -0.3 is 25.0 Å². The SMILES string of the molecule is COc1ccc(CNc2cc(C)ccc2C)c(OC)c1.O=C(O)C(=O)O. The van der Waals surface area contributed by atoms with Gasteiger partial charge in [-0.25, -0.2) is 9.59 Å². The summed E-state index contributed by atoms with van der Waals surface area (Å²) in [5.41, 5.74) is 4.75. The average molecular weight is 361 g/mol. The van der Waals surface area contributed by atoms with Crippen LogP contribution in [0.4, 0.5) is 5.69 Å². The van der Waals surface area contributed by atoms with E-state index in [1.54, 1.807) is 14.2 Å². The molecule has 7 heteroatoms. The van der Waals surface area contributed by atoms with Crippen LogP contribution in [0.15, 0.2) is 36.4 Å². The zero-order valence-corrected chi connectivity index (χ0v) is 15.2. The normalized spacial score (nSPS) is 9.54. The second-order valence-electron chi connectivity index (χ2n) is 5.46. The number of aliphatic carboxylic acids is 2. The van der Waals surface area contributed by atoms with Crippen molar-refractivity contribution in [1.29, 1.82) is 0 Å². The summed E-state index contributed by atoms with van der Waals surface area (Å²) >= 11 is 0. The summed E-state index contributed by atoms with van der Waals surface area (Å²) in [6, 6.07) is 12.3. The van der Waals surface area contributed by atoms with Gasteiger partial charge in [-0.3, -0.25) is 0 Å². The maximum absolute atomic E-state index is 9.10. The Kier molecular flexibility index (Phi) is 7.95. The minimum Gasteiger partial charge on any atom is -0.497 e. The van der Waals surface area contributed by atoms with Crippen molar-refractivity contribution < 1.29 is 29.3 Å². The number of nitrogens with one attached hydrogen (secondary N) is 1. The third kappa shape index (κ3) is 6.35. The third-order valence-electron chi connectivity index (χ3n) is 3.54. The molecule has 26 heavy (non-hydrogen) atoms. The predicted molar refractivity (Wildman–Crippen MR) is 98.1 cm³/mol. The number of anilines is 1. The van der Waals surface area contributed by atoms with Crippen LogP contribution in [-0.4, -0.2) is 36.4 Å². The van der Waals surface area contributed by atoms with Crippen LogP contribution in [0.5, 0.6) is 11.5 Å². The molecule has 0 radical (unpaired) electrons. The maximum atomic E-state index is 9.10. The van der Waals surface area contributed by atoms with Crippen LogP contribution < -0.4 is 14.8 Å². The Morgan fingerprint density at radius 2 is 1.62 bits per heavy atom. The lowest BCUT2D eigenvalue weighted by Crippen LogP contribution is -2.09. The van der Waals surface area contributed by atoms with Crippen LogP contribution in [0, 0.1) is 13.8 Å². The van der Waals surface area contributed by atoms with Crippen molar-refractivity contribution in [3.8, 4) is 11.5 Å². The molecule has 0 unspecified atom stereocenters. The second kappa shape index (κ2) is 9.93. The molecule has 0 saturated carbocycles. The Hall–Kier alpha value is -3.22. The van der Waals surface area contributed by atoms with Gasteiger partial charge in [0.15, 0.2) is 0 Å². The van der Waals surface area contributed by atoms with E-state index in [1.165, 1.54) is 11.1 Å². The van der Waals surface area contributed by atoms with Crippen molar-refractivity contribution in [2.75, 3.05) is 19.5 Å². The van der Waals surface area contributed by atoms with E-state index in [9.17, 15) is 0 Å². The highest BCUT2D eigenvalue weighted by atomic mass is 16.5. The molecule has 140 valence electrons. The Morgan fingerprint density at radius 3 is 2.15 bits per heavy atom. The molecule has 2 aromatic carbocycles. The maximum Gasteiger partial charge on any atom is 0.414 e. The molecule has 0 spiro atoms. The molecule has 0 aliphatic rings. The summed E-state index contributed by atoms with van der Waals surface area (Å²) in [5, 5.41) is 18.2. The Morgan fingerprint density at radius 1 is 0.962 bits per heavy atom. The van der Waals surface area contributed by atoms with Gasteiger partial charge in [0.05, 0.1) is 14.2 Å². The van der Waals surface area contributed by atoms with Crippen LogP contribution >= 0.6 is 0 Å². The molecule has 2 aromatic rings. The standard InChI is InChI=1S/C17H21NO2.C2H2O4/c1-12-5-6-13(2)16(9-12)18-11-14-7-8-15(19-3)10-17(14)20-4;3-1(4)2(5)6/h5-10,18H,11H2,1-4H3;(H,3,4)(H,5,6). The minimum absolute atomic E-state index is 0.720. The van der Waals surface area contributed by atoms with E-state index >= 15 is 0 Å². The number of methoxy groups -OCH3 is 2. The van der Waals surface area contributed by atoms with E-state index in [2.05, 4.69) is 37.4 Å². The predicted octanol–water partition coefficient (Wildman–Crippen LogP) is 3.09. The molecule has 0 aliphatic carbocycles. The summed E-state index contributed by atoms with van der Waals surface area (Å²) in [6.45, 7) is 4.92. The number of carboxylic acids is 2. The fourth-order valence-corrected chi connectivity index (χ4v) is 2.11. The van der Waals surface area contributed by atoms with Crippen LogP contribution in [0.3, 0.4) is 0 Å². The van der Waals surface area contributed by atoms with Crippen LogP contribution in [0.1, 0.15) is 16.7 Å². The van der Waals surface area contributed by atoms with Gasteiger partial charge in [-0.1, -0.05) is 12.1 Å². The molecule has 0 aliphatic heterocycles. The average Bonchev–Trinajstić information content (AvgIpc) is 2.62. The highest BCUT2D eigenvalue weighted by Gasteiger charge is 2.06. The van der Waals surface area contributed by atoms with E-state index < -0.39 is 11.9 Å². The van der Waals surface area contributed by atoms with Crippen molar-refractivity contribution in [2.24, 2.45) is 0 Å². The fourth-order valence-electron chi connectivity index (χ4n) is 2.11. The largest absolute Gasteiger partial charge is 0.497 e. The fraction of sp³-hybridized carbons (Fsp3) is 0.263. The first kappa shape index (κ1) is 20.8. The van der Waals surface area contributed by atoms with E-state index in [4.69, 9.17) is 29.3 Å². The molecule has 3 N–H and O–H groups in total. The molecule has 0 saturated heterocycles. The van der Waals surface area contributed by atoms with Crippen molar-refractivity contribution in [2.45, 2.75) is 20.4 Å². The highest BCUT2D eigenvalue weighted by Crippen LogP contribution is 2.26. The van der Waals surface area contributed by atoms with E-state index in [-0.39, 0.29) is 0 Å². The van der Waals surface area contributed by atoms with E-state index in [1.807, 2.05) is 18.2 Å². The van der Waals surface area contributed by atoms with Gasteiger partial charge in [-0.15, -0.1) is 0 Å². The lowest BCUT2D eigenvalue weighted by molar-refractivity contribution is -0.159. The van der Waals surface area contributed by atoms with Gasteiger partial charge in [0.2, 0.25) is 0 Å². The van der Waals surface area contributed by atoms with Gasteiger partial charge in [0, 0.05) is 23.9 Å². The molecule has 0 bridgehead atoms. The first-order chi connectivity index (χ1) is 12.3. The van der Waals surface area contributed by atoms with Crippen molar-refractivity contribution in [3.63, 3.8) is 0 Å². The zero-order chi connectivity index (χ0) is 19.7. The molecule has 0 amide bonds. The van der Waals surface area contributed by atoms with E-state index in [0.717, 1.165) is 29.3 Å². The molecular formula is C19H23NO6. The Labute approximate surface area is 152 Å². The zero-order valence-electron chi connectivity index (χ0n) is 15.2. The topological polar surface area (TPSA) is 105 Å². The minimum atomic E-state index is -1.82. The smallest absolute Gasteiger partial charge is 0.414 e. The second-order valence-corrected chi connectivity index (χ2v) is 5.46. The summed E-state index contributed by atoms with van der Waals surface area (Å²) in [4.78, 5) is 18.2. The summed E-state index contributed by atoms with van der Waals surface area (Å²) < 4.78 is 10.6. The highest BCUT2D eigenvalue weighted by molar-refractivity contribution is 6.27. The number of benzene rings is 2. The monoisotopic (exact) mass is 361 g/mol. The number of hydrogen-bond donors (Lipinski definition) is 3. The summed E-state index contributed by atoms with van der Waals surface area (Å²) in [5.74, 6) is -2.01. The molecular weight excluding hydrogens is 338 g/mol. The molecule has 0 aromatic heterocycles. The first-order valence-corrected chi connectivity index (χ1v) is 7.76. The van der Waals surface area contributed by atoms with Crippen molar-refractivity contribution in [1.82, 2.24) is 0 Å².